The van der Waals surface area contributed by atoms with Crippen LogP contribution < -0.4 is 11.1 Å². The lowest BCUT2D eigenvalue weighted by atomic mass is 10.3. The van der Waals surface area contributed by atoms with Gasteiger partial charge < -0.3 is 11.1 Å². The van der Waals surface area contributed by atoms with E-state index in [1.54, 1.807) is 0 Å². The van der Waals surface area contributed by atoms with Crippen molar-refractivity contribution in [1.82, 2.24) is 10.2 Å². The van der Waals surface area contributed by atoms with Crippen molar-refractivity contribution in [2.75, 3.05) is 18.4 Å². The summed E-state index contributed by atoms with van der Waals surface area (Å²) < 4.78 is 0. The number of nitrogens with two attached hydrogens (primary N) is 1. The minimum atomic E-state index is 0.617. The standard InChI is InChI=1S/C9H14N4/c10-5-6-11-9-4-3-8(12-13-9)7-1-2-7/h3-4,7H,1-2,5-6,10H2,(H,11,13). The third-order valence-corrected chi connectivity index (χ3v) is 2.13. The minimum Gasteiger partial charge on any atom is -0.367 e. The van der Waals surface area contributed by atoms with E-state index in [1.807, 2.05) is 12.1 Å². The highest BCUT2D eigenvalue weighted by atomic mass is 15.2. The van der Waals surface area contributed by atoms with Gasteiger partial charge >= 0.3 is 0 Å². The van der Waals surface area contributed by atoms with Crippen LogP contribution in [0.15, 0.2) is 12.1 Å². The van der Waals surface area contributed by atoms with Gasteiger partial charge in [-0.05, 0) is 25.0 Å². The second kappa shape index (κ2) is 3.70. The van der Waals surface area contributed by atoms with E-state index in [2.05, 4.69) is 15.5 Å². The first-order valence-corrected chi connectivity index (χ1v) is 4.67. The lowest BCUT2D eigenvalue weighted by molar-refractivity contribution is 0.900. The van der Waals surface area contributed by atoms with Gasteiger partial charge in [0, 0.05) is 19.0 Å². The Kier molecular flexibility index (Phi) is 2.40. The van der Waals surface area contributed by atoms with Crippen LogP contribution in [0.2, 0.25) is 0 Å². The van der Waals surface area contributed by atoms with E-state index in [1.165, 1.54) is 12.8 Å². The van der Waals surface area contributed by atoms with Crippen molar-refractivity contribution in [2.24, 2.45) is 5.73 Å². The van der Waals surface area contributed by atoms with Crippen LogP contribution in [0.5, 0.6) is 0 Å². The Labute approximate surface area is 77.5 Å². The molecule has 4 heteroatoms. The molecule has 2 rings (SSSR count). The smallest absolute Gasteiger partial charge is 0.148 e. The van der Waals surface area contributed by atoms with Gasteiger partial charge in [-0.25, -0.2) is 0 Å². The molecule has 0 saturated heterocycles. The molecule has 1 fully saturated rings. The van der Waals surface area contributed by atoms with Gasteiger partial charge in [-0.3, -0.25) is 0 Å². The number of nitrogens with one attached hydrogen (secondary N) is 1. The fourth-order valence-corrected chi connectivity index (χ4v) is 1.23. The molecule has 0 radical (unpaired) electrons. The van der Waals surface area contributed by atoms with E-state index < -0.39 is 0 Å². The van der Waals surface area contributed by atoms with Gasteiger partial charge in [-0.2, -0.15) is 5.10 Å². The predicted molar refractivity (Wildman–Crippen MR) is 51.6 cm³/mol. The SMILES string of the molecule is NCCNc1ccc(C2CC2)nn1. The Balaban J connectivity index is 1.96. The number of aromatic nitrogens is 2. The summed E-state index contributed by atoms with van der Waals surface area (Å²) in [5.41, 5.74) is 6.48. The highest BCUT2D eigenvalue weighted by molar-refractivity contribution is 5.33. The van der Waals surface area contributed by atoms with Crippen LogP contribution in [0.4, 0.5) is 5.82 Å². The first kappa shape index (κ1) is 8.44. The van der Waals surface area contributed by atoms with Crippen molar-refractivity contribution in [3.63, 3.8) is 0 Å². The molecule has 0 unspecified atom stereocenters. The Morgan fingerprint density at radius 2 is 2.23 bits per heavy atom. The lowest BCUT2D eigenvalue weighted by Gasteiger charge is -2.02. The number of anilines is 1. The molecule has 1 heterocycles. The topological polar surface area (TPSA) is 63.8 Å². The average Bonchev–Trinajstić information content (AvgIpc) is 2.99. The van der Waals surface area contributed by atoms with Crippen LogP contribution >= 0.6 is 0 Å². The number of rotatable bonds is 4. The molecule has 3 N–H and O–H groups in total. The van der Waals surface area contributed by atoms with E-state index in [4.69, 9.17) is 5.73 Å². The Morgan fingerprint density at radius 1 is 1.38 bits per heavy atom. The van der Waals surface area contributed by atoms with Crippen LogP contribution in [0, 0.1) is 0 Å². The summed E-state index contributed by atoms with van der Waals surface area (Å²) in [5.74, 6) is 1.49. The van der Waals surface area contributed by atoms with Gasteiger partial charge in [0.2, 0.25) is 0 Å². The third-order valence-electron chi connectivity index (χ3n) is 2.13. The normalized spacial score (nSPS) is 15.8. The second-order valence-corrected chi connectivity index (χ2v) is 3.33. The van der Waals surface area contributed by atoms with E-state index in [9.17, 15) is 0 Å². The fourth-order valence-electron chi connectivity index (χ4n) is 1.23. The molecule has 0 aromatic carbocycles. The van der Waals surface area contributed by atoms with Crippen molar-refractivity contribution >= 4 is 5.82 Å². The monoisotopic (exact) mass is 178 g/mol. The molecule has 1 aliphatic carbocycles. The zero-order valence-electron chi connectivity index (χ0n) is 7.53. The van der Waals surface area contributed by atoms with Crippen molar-refractivity contribution < 1.29 is 0 Å². The molecule has 1 aromatic rings. The molecular formula is C9H14N4. The average molecular weight is 178 g/mol. The van der Waals surface area contributed by atoms with Gasteiger partial charge in [0.15, 0.2) is 0 Å². The molecule has 13 heavy (non-hydrogen) atoms. The summed E-state index contributed by atoms with van der Waals surface area (Å²) in [4.78, 5) is 0. The summed E-state index contributed by atoms with van der Waals surface area (Å²) in [6, 6.07) is 4.01. The van der Waals surface area contributed by atoms with Gasteiger partial charge in [-0.1, -0.05) is 0 Å². The summed E-state index contributed by atoms with van der Waals surface area (Å²) in [5, 5.41) is 11.3. The van der Waals surface area contributed by atoms with Crippen molar-refractivity contribution in [3.8, 4) is 0 Å². The number of nitrogens with zero attached hydrogens (tertiary/aromatic N) is 2. The Morgan fingerprint density at radius 3 is 2.77 bits per heavy atom. The summed E-state index contributed by atoms with van der Waals surface area (Å²) in [6.07, 6.45) is 2.54. The molecule has 1 aliphatic rings. The Hall–Kier alpha value is -1.16. The van der Waals surface area contributed by atoms with Crippen molar-refractivity contribution in [3.05, 3.63) is 17.8 Å². The fraction of sp³-hybridized carbons (Fsp3) is 0.556. The molecule has 0 spiro atoms. The quantitative estimate of drug-likeness (QED) is 0.713. The van der Waals surface area contributed by atoms with Gasteiger partial charge in [0.25, 0.3) is 0 Å². The van der Waals surface area contributed by atoms with E-state index in [-0.39, 0.29) is 0 Å². The molecule has 0 bridgehead atoms. The molecule has 70 valence electrons. The maximum absolute atomic E-state index is 5.35. The maximum Gasteiger partial charge on any atom is 0.148 e. The highest BCUT2D eigenvalue weighted by Gasteiger charge is 2.24. The zero-order valence-corrected chi connectivity index (χ0v) is 7.53. The lowest BCUT2D eigenvalue weighted by Crippen LogP contribution is -2.14. The van der Waals surface area contributed by atoms with Crippen molar-refractivity contribution in [2.45, 2.75) is 18.8 Å². The first-order chi connectivity index (χ1) is 6.40. The third kappa shape index (κ3) is 2.15. The Bertz CT molecular complexity index is 265. The number of hydrogen-bond acceptors (Lipinski definition) is 4. The molecule has 0 atom stereocenters. The molecule has 1 saturated carbocycles. The second-order valence-electron chi connectivity index (χ2n) is 3.33. The summed E-state index contributed by atoms with van der Waals surface area (Å²) in [7, 11) is 0. The predicted octanol–water partition coefficient (Wildman–Crippen LogP) is 0.725. The molecule has 4 nitrogen and oxygen atoms in total. The molecular weight excluding hydrogens is 164 g/mol. The molecule has 0 amide bonds. The maximum atomic E-state index is 5.35. The van der Waals surface area contributed by atoms with Crippen LogP contribution in [0.25, 0.3) is 0 Å². The summed E-state index contributed by atoms with van der Waals surface area (Å²) in [6.45, 7) is 1.36. The van der Waals surface area contributed by atoms with Gasteiger partial charge in [0.05, 0.1) is 5.69 Å². The van der Waals surface area contributed by atoms with Crippen LogP contribution in [0.1, 0.15) is 24.5 Å². The van der Waals surface area contributed by atoms with Gasteiger partial charge in [-0.15, -0.1) is 5.10 Å². The van der Waals surface area contributed by atoms with E-state index in [0.717, 1.165) is 18.1 Å². The van der Waals surface area contributed by atoms with Crippen molar-refractivity contribution in [1.29, 1.82) is 0 Å². The largest absolute Gasteiger partial charge is 0.367 e. The van der Waals surface area contributed by atoms with E-state index in [0.29, 0.717) is 12.5 Å². The highest BCUT2D eigenvalue weighted by Crippen LogP contribution is 2.38. The summed E-state index contributed by atoms with van der Waals surface area (Å²) >= 11 is 0. The van der Waals surface area contributed by atoms with E-state index >= 15 is 0 Å². The first-order valence-electron chi connectivity index (χ1n) is 4.67. The van der Waals surface area contributed by atoms with Crippen LogP contribution in [-0.2, 0) is 0 Å². The molecule has 0 aliphatic heterocycles. The van der Waals surface area contributed by atoms with Crippen LogP contribution in [0.3, 0.4) is 0 Å². The molecule has 1 aromatic heterocycles. The van der Waals surface area contributed by atoms with Gasteiger partial charge in [0.1, 0.15) is 5.82 Å². The number of hydrogen-bond donors (Lipinski definition) is 2. The van der Waals surface area contributed by atoms with Crippen LogP contribution in [-0.4, -0.2) is 23.3 Å². The zero-order chi connectivity index (χ0) is 9.10. The minimum absolute atomic E-state index is 0.617.